The Kier molecular flexibility index (Phi) is 3.88. The van der Waals surface area contributed by atoms with Gasteiger partial charge in [0, 0.05) is 26.0 Å². The van der Waals surface area contributed by atoms with Gasteiger partial charge in [0.2, 0.25) is 0 Å². The van der Waals surface area contributed by atoms with E-state index in [0.717, 1.165) is 22.5 Å². The summed E-state index contributed by atoms with van der Waals surface area (Å²) in [6.07, 6.45) is 1.69. The van der Waals surface area contributed by atoms with Crippen LogP contribution in [0.3, 0.4) is 0 Å². The van der Waals surface area contributed by atoms with Gasteiger partial charge in [-0.25, -0.2) is 10.4 Å². The number of fused-ring (bicyclic) bond motifs is 1. The molecule has 3 aromatic heterocycles. The summed E-state index contributed by atoms with van der Waals surface area (Å²) in [5.74, 6) is -0.289. The summed E-state index contributed by atoms with van der Waals surface area (Å²) >= 11 is 0. The number of carbonyl (C=O) groups is 1. The number of hydrogen-bond donors (Lipinski definition) is 1. The van der Waals surface area contributed by atoms with Gasteiger partial charge in [-0.05, 0) is 32.9 Å². The summed E-state index contributed by atoms with van der Waals surface area (Å²) in [4.78, 5) is 17.1. The lowest BCUT2D eigenvalue weighted by Crippen LogP contribution is -2.21. The zero-order chi connectivity index (χ0) is 17.4. The van der Waals surface area contributed by atoms with E-state index in [1.807, 2.05) is 40.9 Å². The van der Waals surface area contributed by atoms with Gasteiger partial charge in [-0.1, -0.05) is 0 Å². The molecule has 1 N–H and O–H groups in total. The number of hydrogen-bond acceptors (Lipinski definition) is 5. The Morgan fingerprint density at radius 2 is 2.00 bits per heavy atom. The van der Waals surface area contributed by atoms with E-state index in [0.29, 0.717) is 16.9 Å². The third-order valence-corrected chi connectivity index (χ3v) is 3.86. The van der Waals surface area contributed by atoms with Crippen LogP contribution in [0.25, 0.3) is 11.0 Å². The van der Waals surface area contributed by atoms with Crippen molar-refractivity contribution in [3.05, 3.63) is 41.0 Å². The minimum atomic E-state index is -0.289. The molecule has 0 saturated heterocycles. The van der Waals surface area contributed by atoms with Gasteiger partial charge in [-0.2, -0.15) is 15.3 Å². The van der Waals surface area contributed by atoms with Gasteiger partial charge in [0.15, 0.2) is 5.65 Å². The van der Waals surface area contributed by atoms with Crippen LogP contribution in [-0.4, -0.2) is 36.2 Å². The van der Waals surface area contributed by atoms with E-state index in [4.69, 9.17) is 0 Å². The van der Waals surface area contributed by atoms with Crippen LogP contribution >= 0.6 is 0 Å². The lowest BCUT2D eigenvalue weighted by molar-refractivity contribution is 0.0956. The highest BCUT2D eigenvalue weighted by Crippen LogP contribution is 2.21. The van der Waals surface area contributed by atoms with E-state index in [1.54, 1.807) is 21.6 Å². The van der Waals surface area contributed by atoms with Crippen molar-refractivity contribution in [1.29, 1.82) is 0 Å². The summed E-state index contributed by atoms with van der Waals surface area (Å²) in [5.41, 5.74) is 6.84. The monoisotopic (exact) mass is 325 g/mol. The molecule has 8 heteroatoms. The van der Waals surface area contributed by atoms with Crippen molar-refractivity contribution in [2.24, 2.45) is 19.2 Å². The zero-order valence-electron chi connectivity index (χ0n) is 14.3. The van der Waals surface area contributed by atoms with Gasteiger partial charge < -0.3 is 0 Å². The third kappa shape index (κ3) is 2.66. The van der Waals surface area contributed by atoms with Crippen LogP contribution in [0.5, 0.6) is 0 Å². The molecule has 24 heavy (non-hydrogen) atoms. The van der Waals surface area contributed by atoms with Gasteiger partial charge in [-0.15, -0.1) is 0 Å². The quantitative estimate of drug-likeness (QED) is 0.583. The summed E-state index contributed by atoms with van der Waals surface area (Å²) in [6.45, 7) is 5.53. The lowest BCUT2D eigenvalue weighted by atomic mass is 10.1. The number of pyridine rings is 1. The molecular weight excluding hydrogens is 306 g/mol. The maximum atomic E-state index is 12.6. The molecule has 124 valence electrons. The molecule has 3 rings (SSSR count). The normalized spacial score (nSPS) is 12.0. The Bertz CT molecular complexity index is 964. The number of nitrogens with zero attached hydrogens (tertiary/aromatic N) is 6. The van der Waals surface area contributed by atoms with Gasteiger partial charge in [0.05, 0.1) is 28.0 Å². The van der Waals surface area contributed by atoms with Crippen LogP contribution in [0.2, 0.25) is 0 Å². The number of hydrazone groups is 1. The predicted molar refractivity (Wildman–Crippen MR) is 90.9 cm³/mol. The molecule has 0 aliphatic heterocycles. The van der Waals surface area contributed by atoms with Crippen molar-refractivity contribution in [3.8, 4) is 0 Å². The average Bonchev–Trinajstić information content (AvgIpc) is 3.08. The molecule has 0 aliphatic rings. The molecule has 3 heterocycles. The third-order valence-electron chi connectivity index (χ3n) is 3.86. The van der Waals surface area contributed by atoms with Crippen molar-refractivity contribution in [1.82, 2.24) is 30.0 Å². The molecule has 0 bridgehead atoms. The highest BCUT2D eigenvalue weighted by Gasteiger charge is 2.17. The SMILES string of the molecule is CC(=NNC(=O)c1cc(C)nc2c1c(C)nn2C)c1ccnn1C. The number of amides is 1. The molecule has 3 aromatic rings. The van der Waals surface area contributed by atoms with Gasteiger partial charge in [0.25, 0.3) is 5.91 Å². The minimum absolute atomic E-state index is 0.289. The van der Waals surface area contributed by atoms with Crippen LogP contribution in [0.4, 0.5) is 0 Å². The first-order chi connectivity index (χ1) is 11.4. The Morgan fingerprint density at radius 3 is 2.67 bits per heavy atom. The second kappa shape index (κ2) is 5.88. The number of nitrogens with one attached hydrogen (secondary N) is 1. The number of aryl methyl sites for hydroxylation is 4. The van der Waals surface area contributed by atoms with Crippen LogP contribution in [-0.2, 0) is 14.1 Å². The smallest absolute Gasteiger partial charge is 0.267 e. The first-order valence-corrected chi connectivity index (χ1v) is 7.52. The molecule has 0 saturated carbocycles. The fourth-order valence-corrected chi connectivity index (χ4v) is 2.73. The van der Waals surface area contributed by atoms with Gasteiger partial charge in [0.1, 0.15) is 0 Å². The Morgan fingerprint density at radius 1 is 1.25 bits per heavy atom. The van der Waals surface area contributed by atoms with Crippen molar-refractivity contribution in [3.63, 3.8) is 0 Å². The van der Waals surface area contributed by atoms with E-state index in [-0.39, 0.29) is 5.91 Å². The number of aromatic nitrogens is 5. The van der Waals surface area contributed by atoms with Crippen LogP contribution in [0, 0.1) is 13.8 Å². The molecule has 0 unspecified atom stereocenters. The second-order valence-corrected chi connectivity index (χ2v) is 5.70. The Hall–Kier alpha value is -3.03. The van der Waals surface area contributed by atoms with Crippen LogP contribution in [0.1, 0.15) is 34.4 Å². The van der Waals surface area contributed by atoms with E-state index in [1.165, 1.54) is 0 Å². The summed E-state index contributed by atoms with van der Waals surface area (Å²) in [5, 5.41) is 13.4. The molecule has 0 spiro atoms. The van der Waals surface area contributed by atoms with Crippen LogP contribution in [0.15, 0.2) is 23.4 Å². The maximum absolute atomic E-state index is 12.6. The molecule has 0 fully saturated rings. The lowest BCUT2D eigenvalue weighted by Gasteiger charge is -2.06. The van der Waals surface area contributed by atoms with Crippen LogP contribution < -0.4 is 5.43 Å². The van der Waals surface area contributed by atoms with E-state index in [2.05, 4.69) is 25.7 Å². The topological polar surface area (TPSA) is 90.0 Å². The van der Waals surface area contributed by atoms with Crippen molar-refractivity contribution in [2.75, 3.05) is 0 Å². The highest BCUT2D eigenvalue weighted by atomic mass is 16.2. The number of carbonyl (C=O) groups excluding carboxylic acids is 1. The fraction of sp³-hybridized carbons (Fsp3) is 0.312. The first kappa shape index (κ1) is 15.9. The molecule has 8 nitrogen and oxygen atoms in total. The van der Waals surface area contributed by atoms with Gasteiger partial charge in [-0.3, -0.25) is 14.2 Å². The summed E-state index contributed by atoms with van der Waals surface area (Å²) in [6, 6.07) is 3.59. The minimum Gasteiger partial charge on any atom is -0.267 e. The van der Waals surface area contributed by atoms with E-state index in [9.17, 15) is 4.79 Å². The van der Waals surface area contributed by atoms with E-state index >= 15 is 0 Å². The Balaban J connectivity index is 1.96. The summed E-state index contributed by atoms with van der Waals surface area (Å²) in [7, 11) is 3.64. The van der Waals surface area contributed by atoms with Crippen molar-refractivity contribution < 1.29 is 4.79 Å². The van der Waals surface area contributed by atoms with Crippen molar-refractivity contribution >= 4 is 22.7 Å². The Labute approximate surface area is 139 Å². The number of rotatable bonds is 3. The molecular formula is C16H19N7O. The van der Waals surface area contributed by atoms with Crippen molar-refractivity contribution in [2.45, 2.75) is 20.8 Å². The molecule has 0 atom stereocenters. The first-order valence-electron chi connectivity index (χ1n) is 7.52. The maximum Gasteiger partial charge on any atom is 0.272 e. The largest absolute Gasteiger partial charge is 0.272 e. The standard InChI is InChI=1S/C16H19N7O/c1-9-8-12(14-11(3)21-23(5)15(14)18-9)16(24)20-19-10(2)13-6-7-17-22(13)4/h6-8H,1-5H3,(H,20,24). The molecule has 0 radical (unpaired) electrons. The average molecular weight is 325 g/mol. The highest BCUT2D eigenvalue weighted by molar-refractivity contribution is 6.07. The second-order valence-electron chi connectivity index (χ2n) is 5.70. The van der Waals surface area contributed by atoms with E-state index < -0.39 is 0 Å². The summed E-state index contributed by atoms with van der Waals surface area (Å²) < 4.78 is 3.38. The fourth-order valence-electron chi connectivity index (χ4n) is 2.73. The zero-order valence-corrected chi connectivity index (χ0v) is 14.3. The predicted octanol–water partition coefficient (Wildman–Crippen LogP) is 1.47. The molecule has 0 aromatic carbocycles. The molecule has 0 aliphatic carbocycles. The molecule has 1 amide bonds. The van der Waals surface area contributed by atoms with Gasteiger partial charge >= 0.3 is 0 Å².